The standard InChI is InChI=1S/C32H36ClN7O3/c1-6-26-30(32(43)39-11-10-37(16-21(39)4)27-9-8-22(14-34)15-35-27)25-13-23(33)12-20(3)31(25)40(26)19-29(42)36(5)24-17-38(18-24)28(41)7-2/h7-9,12-13,15,21,24H,2,6,10-11,16-19H2,1,3-5H3. The number of aryl methyl sites for hydroxylation is 1. The summed E-state index contributed by atoms with van der Waals surface area (Å²) in [6, 6.07) is 9.20. The average Bonchev–Trinajstić information content (AvgIpc) is 3.28. The van der Waals surface area contributed by atoms with Crippen molar-refractivity contribution in [2.45, 2.75) is 45.8 Å². The second kappa shape index (κ2) is 12.1. The number of hydrogen-bond donors (Lipinski definition) is 0. The van der Waals surface area contributed by atoms with Crippen molar-refractivity contribution in [1.82, 2.24) is 24.3 Å². The fourth-order valence-electron chi connectivity index (χ4n) is 6.20. The smallest absolute Gasteiger partial charge is 0.256 e. The van der Waals surface area contributed by atoms with Crippen LogP contribution in [0, 0.1) is 18.3 Å². The Kier molecular flexibility index (Phi) is 8.47. The van der Waals surface area contributed by atoms with Gasteiger partial charge >= 0.3 is 0 Å². The summed E-state index contributed by atoms with van der Waals surface area (Å²) in [5.41, 5.74) is 3.61. The quantitative estimate of drug-likeness (QED) is 0.383. The third-order valence-electron chi connectivity index (χ3n) is 8.64. The number of likely N-dealkylation sites (N-methyl/N-ethyl adjacent to an activating group) is 1. The van der Waals surface area contributed by atoms with Crippen molar-refractivity contribution < 1.29 is 14.4 Å². The number of pyridine rings is 1. The predicted molar refractivity (Wildman–Crippen MR) is 166 cm³/mol. The van der Waals surface area contributed by atoms with E-state index >= 15 is 0 Å². The van der Waals surface area contributed by atoms with Gasteiger partial charge in [0.05, 0.1) is 22.7 Å². The molecule has 1 unspecified atom stereocenters. The lowest BCUT2D eigenvalue weighted by atomic mass is 10.0. The van der Waals surface area contributed by atoms with Gasteiger partial charge in [-0.2, -0.15) is 5.26 Å². The SMILES string of the molecule is C=CC(=O)N1CC(N(C)C(=O)Cn2c(CC)c(C(=O)N3CCN(c4ccc(C#N)cn4)CC3C)c3cc(Cl)cc(C)c32)C1. The third-order valence-corrected chi connectivity index (χ3v) is 8.86. The van der Waals surface area contributed by atoms with Gasteiger partial charge in [-0.15, -0.1) is 0 Å². The Hall–Kier alpha value is -4.36. The zero-order valence-corrected chi connectivity index (χ0v) is 25.8. The van der Waals surface area contributed by atoms with E-state index in [2.05, 4.69) is 22.5 Å². The minimum absolute atomic E-state index is 0.0670. The fourth-order valence-corrected chi connectivity index (χ4v) is 6.47. The highest BCUT2D eigenvalue weighted by molar-refractivity contribution is 6.31. The molecule has 2 saturated heterocycles. The Balaban J connectivity index is 1.43. The van der Waals surface area contributed by atoms with Crippen LogP contribution in [0.3, 0.4) is 0 Å². The van der Waals surface area contributed by atoms with E-state index in [4.69, 9.17) is 16.9 Å². The molecule has 1 atom stereocenters. The van der Waals surface area contributed by atoms with Crippen molar-refractivity contribution in [1.29, 1.82) is 5.26 Å². The fraction of sp³-hybridized carbons (Fsp3) is 0.406. The summed E-state index contributed by atoms with van der Waals surface area (Å²) >= 11 is 6.52. The van der Waals surface area contributed by atoms with Gasteiger partial charge < -0.3 is 24.2 Å². The molecule has 2 aliphatic rings. The first kappa shape index (κ1) is 30.1. The number of likely N-dealkylation sites (tertiary alicyclic amines) is 1. The molecule has 1 aromatic carbocycles. The molecule has 0 N–H and O–H groups in total. The molecule has 2 fully saturated rings. The van der Waals surface area contributed by atoms with Crippen molar-refractivity contribution in [3.8, 4) is 6.07 Å². The number of nitriles is 1. The van der Waals surface area contributed by atoms with Crippen molar-refractivity contribution in [3.63, 3.8) is 0 Å². The van der Waals surface area contributed by atoms with Crippen LogP contribution in [-0.2, 0) is 22.6 Å². The molecule has 0 aliphatic carbocycles. The number of rotatable bonds is 7. The Bertz CT molecular complexity index is 1640. The summed E-state index contributed by atoms with van der Waals surface area (Å²) in [7, 11) is 1.76. The minimum atomic E-state index is -0.138. The second-order valence-corrected chi connectivity index (χ2v) is 11.7. The van der Waals surface area contributed by atoms with Crippen LogP contribution in [0.2, 0.25) is 5.02 Å². The van der Waals surface area contributed by atoms with E-state index in [0.717, 1.165) is 28.0 Å². The van der Waals surface area contributed by atoms with Crippen LogP contribution >= 0.6 is 11.6 Å². The van der Waals surface area contributed by atoms with E-state index in [1.165, 1.54) is 6.08 Å². The zero-order valence-electron chi connectivity index (χ0n) is 25.0. The van der Waals surface area contributed by atoms with E-state index in [1.807, 2.05) is 48.4 Å². The molecule has 10 nitrogen and oxygen atoms in total. The molecular weight excluding hydrogens is 566 g/mol. The molecule has 2 aromatic heterocycles. The maximum Gasteiger partial charge on any atom is 0.256 e. The third kappa shape index (κ3) is 5.57. The lowest BCUT2D eigenvalue weighted by Crippen LogP contribution is -2.61. The average molecular weight is 602 g/mol. The minimum Gasteiger partial charge on any atom is -0.353 e. The molecule has 2 aliphatic heterocycles. The lowest BCUT2D eigenvalue weighted by molar-refractivity contribution is -0.142. The largest absolute Gasteiger partial charge is 0.353 e. The van der Waals surface area contributed by atoms with Gasteiger partial charge in [-0.05, 0) is 56.2 Å². The molecule has 5 rings (SSSR count). The molecule has 0 saturated carbocycles. The highest BCUT2D eigenvalue weighted by atomic mass is 35.5. The number of carbonyl (C=O) groups is 3. The van der Waals surface area contributed by atoms with Gasteiger partial charge in [0.2, 0.25) is 11.8 Å². The van der Waals surface area contributed by atoms with Crippen LogP contribution in [-0.4, -0.2) is 93.8 Å². The number of halogens is 1. The van der Waals surface area contributed by atoms with Crippen LogP contribution < -0.4 is 4.90 Å². The summed E-state index contributed by atoms with van der Waals surface area (Å²) in [4.78, 5) is 51.6. The number of amides is 3. The molecule has 4 heterocycles. The molecule has 0 bridgehead atoms. The van der Waals surface area contributed by atoms with Crippen molar-refractivity contribution >= 4 is 46.0 Å². The summed E-state index contributed by atoms with van der Waals surface area (Å²) < 4.78 is 1.97. The molecule has 224 valence electrons. The summed E-state index contributed by atoms with van der Waals surface area (Å²) in [6.07, 6.45) is 3.40. The van der Waals surface area contributed by atoms with Crippen molar-refractivity contribution in [2.24, 2.45) is 0 Å². The second-order valence-electron chi connectivity index (χ2n) is 11.3. The van der Waals surface area contributed by atoms with Crippen LogP contribution in [0.4, 0.5) is 5.82 Å². The zero-order chi connectivity index (χ0) is 31.0. The van der Waals surface area contributed by atoms with E-state index in [-0.39, 0.29) is 36.3 Å². The number of piperazine rings is 1. The van der Waals surface area contributed by atoms with Crippen LogP contribution in [0.15, 0.2) is 43.1 Å². The van der Waals surface area contributed by atoms with Gasteiger partial charge in [0.1, 0.15) is 18.4 Å². The number of aromatic nitrogens is 2. The Morgan fingerprint density at radius 1 is 1.21 bits per heavy atom. The Labute approximate surface area is 256 Å². The van der Waals surface area contributed by atoms with Gasteiger partial charge in [-0.25, -0.2) is 4.98 Å². The molecular formula is C32H36ClN7O3. The van der Waals surface area contributed by atoms with E-state index in [1.54, 1.807) is 29.1 Å². The van der Waals surface area contributed by atoms with Crippen molar-refractivity contribution in [3.05, 3.63) is 70.5 Å². The molecule has 3 amide bonds. The molecule has 43 heavy (non-hydrogen) atoms. The number of nitrogens with zero attached hydrogens (tertiary/aromatic N) is 7. The molecule has 0 radical (unpaired) electrons. The topological polar surface area (TPSA) is 106 Å². The number of hydrogen-bond acceptors (Lipinski definition) is 6. The van der Waals surface area contributed by atoms with Crippen LogP contribution in [0.1, 0.15) is 41.0 Å². The van der Waals surface area contributed by atoms with Gasteiger partial charge in [0.15, 0.2) is 0 Å². The van der Waals surface area contributed by atoms with Gasteiger partial charge in [-0.1, -0.05) is 25.1 Å². The summed E-state index contributed by atoms with van der Waals surface area (Å²) in [5, 5.41) is 10.4. The first-order chi connectivity index (χ1) is 20.6. The summed E-state index contributed by atoms with van der Waals surface area (Å²) in [6.45, 7) is 12.2. The molecule has 11 heteroatoms. The highest BCUT2D eigenvalue weighted by Gasteiger charge is 2.36. The van der Waals surface area contributed by atoms with Gasteiger partial charge in [0, 0.05) is 68.1 Å². The first-order valence-corrected chi connectivity index (χ1v) is 14.9. The molecule has 0 spiro atoms. The highest BCUT2D eigenvalue weighted by Crippen LogP contribution is 2.34. The Morgan fingerprint density at radius 2 is 1.95 bits per heavy atom. The predicted octanol–water partition coefficient (Wildman–Crippen LogP) is 3.64. The lowest BCUT2D eigenvalue weighted by Gasteiger charge is -2.43. The number of benzene rings is 1. The van der Waals surface area contributed by atoms with Crippen LogP contribution in [0.5, 0.6) is 0 Å². The maximum atomic E-state index is 14.3. The molecule has 3 aromatic rings. The first-order valence-electron chi connectivity index (χ1n) is 14.5. The Morgan fingerprint density at radius 3 is 2.56 bits per heavy atom. The van der Waals surface area contributed by atoms with Gasteiger partial charge in [-0.3, -0.25) is 14.4 Å². The normalized spacial score (nSPS) is 17.0. The van der Waals surface area contributed by atoms with E-state index in [9.17, 15) is 14.4 Å². The maximum absolute atomic E-state index is 14.3. The monoisotopic (exact) mass is 601 g/mol. The summed E-state index contributed by atoms with van der Waals surface area (Å²) in [5.74, 6) is 0.464. The number of anilines is 1. The van der Waals surface area contributed by atoms with Crippen molar-refractivity contribution in [2.75, 3.05) is 44.7 Å². The van der Waals surface area contributed by atoms with Crippen LogP contribution in [0.25, 0.3) is 10.9 Å². The number of carbonyl (C=O) groups excluding carboxylic acids is 3. The van der Waals surface area contributed by atoms with Gasteiger partial charge in [0.25, 0.3) is 5.91 Å². The van der Waals surface area contributed by atoms with E-state index < -0.39 is 0 Å². The number of fused-ring (bicyclic) bond motifs is 1. The van der Waals surface area contributed by atoms with E-state index in [0.29, 0.717) is 55.3 Å².